The number of carbonyl (C=O) groups excluding carboxylic acids is 1. The molecule has 1 unspecified atom stereocenters. The van der Waals surface area contributed by atoms with E-state index in [0.717, 1.165) is 34.2 Å². The maximum atomic E-state index is 13.5. The molecule has 2 amide bonds. The largest absolute Gasteiger partial charge is 0.334 e. The Morgan fingerprint density at radius 3 is 2.32 bits per heavy atom. The maximum absolute atomic E-state index is 13.5. The topological polar surface area (TPSA) is 71.3 Å². The number of rotatable bonds is 6. The normalized spacial score (nSPS) is 15.8. The first-order valence-corrected chi connectivity index (χ1v) is 12.4. The van der Waals surface area contributed by atoms with Crippen molar-refractivity contribution in [3.63, 3.8) is 0 Å². The highest BCUT2D eigenvalue weighted by Crippen LogP contribution is 2.38. The summed E-state index contributed by atoms with van der Waals surface area (Å²) in [6, 6.07) is 19.6. The lowest BCUT2D eigenvalue weighted by atomic mass is 9.92. The van der Waals surface area contributed by atoms with Crippen LogP contribution in [0.15, 0.2) is 77.0 Å². The van der Waals surface area contributed by atoms with Crippen molar-refractivity contribution in [2.75, 3.05) is 0 Å². The summed E-state index contributed by atoms with van der Waals surface area (Å²) in [5.41, 5.74) is 7.55. The number of amides is 2. The monoisotopic (exact) mass is 496 g/mol. The third-order valence-electron chi connectivity index (χ3n) is 6.99. The fourth-order valence-electron chi connectivity index (χ4n) is 4.56. The van der Waals surface area contributed by atoms with E-state index in [9.17, 15) is 9.18 Å². The number of hydrogen-bond donors (Lipinski definition) is 1. The van der Waals surface area contributed by atoms with Crippen molar-refractivity contribution in [3.05, 3.63) is 112 Å². The molecule has 0 saturated heterocycles. The molecule has 0 spiro atoms. The van der Waals surface area contributed by atoms with Crippen molar-refractivity contribution in [1.29, 1.82) is 0 Å². The third-order valence-corrected chi connectivity index (χ3v) is 6.99. The second kappa shape index (κ2) is 10.0. The number of halogens is 1. The maximum Gasteiger partial charge on any atom is 0.322 e. The van der Waals surface area contributed by atoms with E-state index in [0.29, 0.717) is 17.4 Å². The van der Waals surface area contributed by atoms with Crippen molar-refractivity contribution in [2.24, 2.45) is 0 Å². The van der Waals surface area contributed by atoms with Crippen molar-refractivity contribution in [3.8, 4) is 11.4 Å². The fourth-order valence-corrected chi connectivity index (χ4v) is 4.56. The first-order valence-electron chi connectivity index (χ1n) is 12.4. The van der Waals surface area contributed by atoms with Crippen LogP contribution >= 0.6 is 0 Å². The quantitative estimate of drug-likeness (QED) is 0.320. The number of nitrogens with one attached hydrogen (secondary N) is 1. The molecule has 2 heterocycles. The number of nitrogens with zero attached hydrogens (tertiary/aromatic N) is 3. The number of aromatic nitrogens is 2. The van der Waals surface area contributed by atoms with Crippen LogP contribution in [0.25, 0.3) is 17.0 Å². The third kappa shape index (κ3) is 4.89. The molecule has 4 aromatic rings. The van der Waals surface area contributed by atoms with Gasteiger partial charge in [0.2, 0.25) is 5.82 Å². The lowest BCUT2D eigenvalue weighted by Crippen LogP contribution is -2.45. The Morgan fingerprint density at radius 1 is 0.946 bits per heavy atom. The standard InChI is InChI=1S/C30H29FN4O2/c1-5-21-7-12-23(13-8-21)28-33-29(37-34-28)26-20(4)35(17-22-9-14-25(31)15-10-22)30(36)32-27(26)24-11-6-18(2)19(3)16-24/h6-16,27H,5,17H2,1-4H3,(H,32,36). The lowest BCUT2D eigenvalue weighted by Gasteiger charge is -2.35. The second-order valence-electron chi connectivity index (χ2n) is 9.41. The van der Waals surface area contributed by atoms with Gasteiger partial charge in [-0.05, 0) is 67.1 Å². The Bertz CT molecular complexity index is 1470. The van der Waals surface area contributed by atoms with E-state index in [1.807, 2.05) is 38.1 Å². The molecular formula is C30H29FN4O2. The fraction of sp³-hybridized carbons (Fsp3) is 0.233. The van der Waals surface area contributed by atoms with Gasteiger partial charge >= 0.3 is 6.03 Å². The van der Waals surface area contributed by atoms with Gasteiger partial charge in [-0.2, -0.15) is 4.98 Å². The molecule has 0 radical (unpaired) electrons. The van der Waals surface area contributed by atoms with Crippen LogP contribution in [-0.2, 0) is 13.0 Å². The Hall–Kier alpha value is -4.26. The molecule has 1 N–H and O–H groups in total. The molecule has 0 bridgehead atoms. The molecule has 3 aromatic carbocycles. The summed E-state index contributed by atoms with van der Waals surface area (Å²) in [7, 11) is 0. The summed E-state index contributed by atoms with van der Waals surface area (Å²) in [6.45, 7) is 8.37. The highest BCUT2D eigenvalue weighted by Gasteiger charge is 2.36. The van der Waals surface area contributed by atoms with E-state index in [2.05, 4.69) is 42.5 Å². The SMILES string of the molecule is CCc1ccc(-c2noc(C3=C(C)N(Cc4ccc(F)cc4)C(=O)NC3c3ccc(C)c(C)c3)n2)cc1. The molecule has 0 fully saturated rings. The van der Waals surface area contributed by atoms with Gasteiger partial charge in [-0.15, -0.1) is 0 Å². The molecule has 1 aromatic heterocycles. The van der Waals surface area contributed by atoms with Gasteiger partial charge in [-0.3, -0.25) is 4.90 Å². The van der Waals surface area contributed by atoms with E-state index in [4.69, 9.17) is 9.51 Å². The van der Waals surface area contributed by atoms with Crippen LogP contribution in [0, 0.1) is 19.7 Å². The van der Waals surface area contributed by atoms with Crippen LogP contribution in [0.5, 0.6) is 0 Å². The molecule has 6 nitrogen and oxygen atoms in total. The Balaban J connectivity index is 1.58. The summed E-state index contributed by atoms with van der Waals surface area (Å²) in [6.07, 6.45) is 0.949. The molecule has 188 valence electrons. The Morgan fingerprint density at radius 2 is 1.65 bits per heavy atom. The first kappa shape index (κ1) is 24.4. The summed E-state index contributed by atoms with van der Waals surface area (Å²) in [4.78, 5) is 19.7. The number of urea groups is 1. The highest BCUT2D eigenvalue weighted by atomic mass is 19.1. The summed E-state index contributed by atoms with van der Waals surface area (Å²) in [5.74, 6) is 0.512. The van der Waals surface area contributed by atoms with E-state index in [1.54, 1.807) is 17.0 Å². The van der Waals surface area contributed by atoms with Crippen LogP contribution in [0.3, 0.4) is 0 Å². The molecule has 5 rings (SSSR count). The van der Waals surface area contributed by atoms with Crippen molar-refractivity contribution in [1.82, 2.24) is 20.4 Å². The summed E-state index contributed by atoms with van der Waals surface area (Å²) < 4.78 is 19.3. The second-order valence-corrected chi connectivity index (χ2v) is 9.41. The van der Waals surface area contributed by atoms with Crippen LogP contribution in [0.2, 0.25) is 0 Å². The van der Waals surface area contributed by atoms with Gasteiger partial charge in [0.25, 0.3) is 5.89 Å². The van der Waals surface area contributed by atoms with E-state index in [1.165, 1.54) is 23.3 Å². The molecule has 0 aliphatic carbocycles. The summed E-state index contributed by atoms with van der Waals surface area (Å²) in [5, 5.41) is 7.39. The number of allylic oxidation sites excluding steroid dienone is 1. The van der Waals surface area contributed by atoms with Crippen LogP contribution < -0.4 is 5.32 Å². The van der Waals surface area contributed by atoms with E-state index < -0.39 is 6.04 Å². The first-order chi connectivity index (χ1) is 17.8. The molecule has 0 saturated carbocycles. The zero-order chi connectivity index (χ0) is 26.1. The van der Waals surface area contributed by atoms with Gasteiger partial charge < -0.3 is 9.84 Å². The molecule has 7 heteroatoms. The van der Waals surface area contributed by atoms with Gasteiger partial charge in [0, 0.05) is 11.3 Å². The van der Waals surface area contributed by atoms with Crippen molar-refractivity contribution >= 4 is 11.6 Å². The molecular weight excluding hydrogens is 467 g/mol. The smallest absolute Gasteiger partial charge is 0.322 e. The van der Waals surface area contributed by atoms with Crippen molar-refractivity contribution < 1.29 is 13.7 Å². The number of carbonyl (C=O) groups is 1. The number of hydrogen-bond acceptors (Lipinski definition) is 4. The molecule has 1 aliphatic rings. The number of aryl methyl sites for hydroxylation is 3. The minimum atomic E-state index is -0.466. The van der Waals surface area contributed by atoms with Gasteiger partial charge in [0.1, 0.15) is 5.82 Å². The highest BCUT2D eigenvalue weighted by molar-refractivity contribution is 5.87. The van der Waals surface area contributed by atoms with Crippen molar-refractivity contribution in [2.45, 2.75) is 46.7 Å². The molecule has 1 atom stereocenters. The lowest BCUT2D eigenvalue weighted by molar-refractivity contribution is 0.203. The Kier molecular flexibility index (Phi) is 6.61. The average Bonchev–Trinajstić information content (AvgIpc) is 3.38. The van der Waals surface area contributed by atoms with Gasteiger partial charge in [0.15, 0.2) is 0 Å². The number of benzene rings is 3. The molecule has 1 aliphatic heterocycles. The van der Waals surface area contributed by atoms with Gasteiger partial charge in [0.05, 0.1) is 18.2 Å². The zero-order valence-electron chi connectivity index (χ0n) is 21.4. The summed E-state index contributed by atoms with van der Waals surface area (Å²) >= 11 is 0. The van der Waals surface area contributed by atoms with Gasteiger partial charge in [-0.25, -0.2) is 9.18 Å². The Labute approximate surface area is 215 Å². The predicted molar refractivity (Wildman–Crippen MR) is 141 cm³/mol. The van der Waals surface area contributed by atoms with Crippen LogP contribution in [-0.4, -0.2) is 21.1 Å². The minimum Gasteiger partial charge on any atom is -0.334 e. The van der Waals surface area contributed by atoms with E-state index in [-0.39, 0.29) is 18.4 Å². The van der Waals surface area contributed by atoms with Crippen LogP contribution in [0.4, 0.5) is 9.18 Å². The van der Waals surface area contributed by atoms with Gasteiger partial charge in [-0.1, -0.05) is 66.7 Å². The average molecular weight is 497 g/mol. The van der Waals surface area contributed by atoms with Crippen LogP contribution in [0.1, 0.15) is 53.6 Å². The zero-order valence-corrected chi connectivity index (χ0v) is 21.4. The minimum absolute atomic E-state index is 0.247. The molecule has 37 heavy (non-hydrogen) atoms. The predicted octanol–water partition coefficient (Wildman–Crippen LogP) is 6.75. The van der Waals surface area contributed by atoms with E-state index >= 15 is 0 Å².